The zero-order valence-corrected chi connectivity index (χ0v) is 15.8. The van der Waals surface area contributed by atoms with Crippen molar-refractivity contribution in [3.05, 3.63) is 75.5 Å². The summed E-state index contributed by atoms with van der Waals surface area (Å²) in [6, 6.07) is 9.90. The Morgan fingerprint density at radius 3 is 2.44 bits per heavy atom. The van der Waals surface area contributed by atoms with Gasteiger partial charge < -0.3 is 5.11 Å². The average molecular weight is 379 g/mol. The van der Waals surface area contributed by atoms with Crippen LogP contribution in [-0.2, 0) is 6.54 Å². The van der Waals surface area contributed by atoms with Gasteiger partial charge in [0, 0.05) is 6.20 Å². The van der Waals surface area contributed by atoms with Gasteiger partial charge in [-0.1, -0.05) is 66.9 Å². The summed E-state index contributed by atoms with van der Waals surface area (Å²) in [6.07, 6.45) is 1.97. The highest BCUT2D eigenvalue weighted by Crippen LogP contribution is 2.30. The Morgan fingerprint density at radius 1 is 1.12 bits per heavy atom. The number of aromatic nitrogens is 4. The molecule has 1 atom stereocenters. The Balaban J connectivity index is 0.00000109. The van der Waals surface area contributed by atoms with Gasteiger partial charge in [0.15, 0.2) is 0 Å². The Bertz CT molecular complexity index is 815. The topological polar surface area (TPSA) is 63.8 Å². The predicted octanol–water partition coefficient (Wildman–Crippen LogP) is 4.44. The van der Waals surface area contributed by atoms with Gasteiger partial charge in [-0.05, 0) is 18.6 Å². The van der Waals surface area contributed by atoms with Gasteiger partial charge >= 0.3 is 0 Å². The van der Waals surface area contributed by atoms with E-state index in [0.29, 0.717) is 12.2 Å². The molecule has 1 N–H and O–H groups in total. The lowest BCUT2D eigenvalue weighted by molar-refractivity contribution is 0.213. The van der Waals surface area contributed by atoms with Crippen LogP contribution in [0.2, 0.25) is 10.3 Å². The molecule has 0 aliphatic heterocycles. The van der Waals surface area contributed by atoms with Crippen molar-refractivity contribution in [2.24, 2.45) is 0 Å². The van der Waals surface area contributed by atoms with Crippen LogP contribution < -0.4 is 0 Å². The third kappa shape index (κ3) is 4.78. The molecule has 0 saturated heterocycles. The minimum atomic E-state index is -1.07. The van der Waals surface area contributed by atoms with Gasteiger partial charge in [0.05, 0.1) is 17.8 Å². The molecular formula is C18H20Cl2N4O. The third-order valence-corrected chi connectivity index (χ3v) is 4.03. The van der Waals surface area contributed by atoms with Crippen LogP contribution in [0.15, 0.2) is 42.9 Å². The molecule has 7 heteroatoms. The Labute approximate surface area is 157 Å². The molecule has 3 aromatic rings. The maximum atomic E-state index is 10.5. The van der Waals surface area contributed by atoms with Gasteiger partial charge in [-0.3, -0.25) is 4.68 Å². The van der Waals surface area contributed by atoms with E-state index in [2.05, 4.69) is 21.1 Å². The smallest absolute Gasteiger partial charge is 0.140 e. The lowest BCUT2D eigenvalue weighted by Crippen LogP contribution is -2.07. The highest BCUT2D eigenvalue weighted by Gasteiger charge is 2.21. The Hall–Kier alpha value is -1.95. The van der Waals surface area contributed by atoms with Crippen molar-refractivity contribution in [3.63, 3.8) is 0 Å². The minimum Gasteiger partial charge on any atom is -0.382 e. The van der Waals surface area contributed by atoms with Crippen LogP contribution in [-0.4, -0.2) is 24.9 Å². The molecular weight excluding hydrogens is 359 g/mol. The number of hydrogen-bond donors (Lipinski definition) is 1. The Kier molecular flexibility index (Phi) is 6.93. The number of aliphatic hydroxyl groups excluding tert-OH is 1. The molecule has 2 heterocycles. The Morgan fingerprint density at radius 2 is 1.80 bits per heavy atom. The summed E-state index contributed by atoms with van der Waals surface area (Å²) >= 11 is 12.0. The van der Waals surface area contributed by atoms with E-state index in [0.717, 1.165) is 5.56 Å². The van der Waals surface area contributed by atoms with E-state index in [9.17, 15) is 5.11 Å². The second-order valence-electron chi connectivity index (χ2n) is 5.20. The van der Waals surface area contributed by atoms with Crippen molar-refractivity contribution in [1.29, 1.82) is 0 Å². The lowest BCUT2D eigenvalue weighted by Gasteiger charge is -2.10. The molecule has 25 heavy (non-hydrogen) atoms. The molecule has 3 rings (SSSR count). The number of halogens is 2. The van der Waals surface area contributed by atoms with Gasteiger partial charge in [0.25, 0.3) is 0 Å². The third-order valence-electron chi connectivity index (χ3n) is 3.43. The molecule has 1 aromatic carbocycles. The van der Waals surface area contributed by atoms with E-state index in [4.69, 9.17) is 23.2 Å². The van der Waals surface area contributed by atoms with Gasteiger partial charge in [-0.25, -0.2) is 9.97 Å². The minimum absolute atomic E-state index is 0.116. The first kappa shape index (κ1) is 19.4. The second-order valence-corrected chi connectivity index (χ2v) is 5.91. The van der Waals surface area contributed by atoms with Crippen LogP contribution in [0.25, 0.3) is 0 Å². The molecule has 5 nitrogen and oxygen atoms in total. The van der Waals surface area contributed by atoms with E-state index in [1.807, 2.05) is 39.0 Å². The van der Waals surface area contributed by atoms with Crippen molar-refractivity contribution in [3.8, 4) is 0 Å². The molecule has 0 aliphatic carbocycles. The number of aliphatic hydroxyl groups is 1. The number of hydrogen-bond acceptors (Lipinski definition) is 4. The molecule has 0 bridgehead atoms. The van der Waals surface area contributed by atoms with Gasteiger partial charge in [0.1, 0.15) is 22.7 Å². The fraction of sp³-hybridized carbons (Fsp3) is 0.278. The number of nitrogens with zero attached hydrogens (tertiary/aromatic N) is 4. The van der Waals surface area contributed by atoms with Crippen molar-refractivity contribution < 1.29 is 5.11 Å². The zero-order chi connectivity index (χ0) is 18.4. The van der Waals surface area contributed by atoms with Crippen LogP contribution in [0.5, 0.6) is 0 Å². The summed E-state index contributed by atoms with van der Waals surface area (Å²) in [5, 5.41) is 15.1. The van der Waals surface area contributed by atoms with E-state index in [-0.39, 0.29) is 15.9 Å². The molecule has 0 fully saturated rings. The molecule has 0 amide bonds. The maximum Gasteiger partial charge on any atom is 0.140 e. The largest absolute Gasteiger partial charge is 0.382 e. The SMILES string of the molecule is CC.Cc1cccc(Cn2ccc(C(O)c3c(Cl)ncnc3Cl)n2)c1. The maximum absolute atomic E-state index is 10.5. The summed E-state index contributed by atoms with van der Waals surface area (Å²) in [4.78, 5) is 7.69. The van der Waals surface area contributed by atoms with Crippen molar-refractivity contribution in [1.82, 2.24) is 19.7 Å². The number of aryl methyl sites for hydroxylation is 1. The lowest BCUT2D eigenvalue weighted by atomic mass is 10.1. The number of rotatable bonds is 4. The number of benzene rings is 1. The summed E-state index contributed by atoms with van der Waals surface area (Å²) < 4.78 is 1.75. The quantitative estimate of drug-likeness (QED) is 0.681. The fourth-order valence-electron chi connectivity index (χ4n) is 2.34. The van der Waals surface area contributed by atoms with E-state index < -0.39 is 6.10 Å². The van der Waals surface area contributed by atoms with E-state index in [1.54, 1.807) is 16.9 Å². The van der Waals surface area contributed by atoms with Gasteiger partial charge in [0.2, 0.25) is 0 Å². The van der Waals surface area contributed by atoms with Crippen LogP contribution in [0.4, 0.5) is 0 Å². The summed E-state index contributed by atoms with van der Waals surface area (Å²) in [5.41, 5.74) is 3.02. The molecule has 0 spiro atoms. The monoisotopic (exact) mass is 378 g/mol. The zero-order valence-electron chi connectivity index (χ0n) is 14.3. The fourth-order valence-corrected chi connectivity index (χ4v) is 2.86. The summed E-state index contributed by atoms with van der Waals surface area (Å²) in [6.45, 7) is 6.66. The van der Waals surface area contributed by atoms with Gasteiger partial charge in [-0.2, -0.15) is 5.10 Å². The van der Waals surface area contributed by atoms with Crippen LogP contribution in [0.3, 0.4) is 0 Å². The first-order valence-electron chi connectivity index (χ1n) is 7.97. The highest BCUT2D eigenvalue weighted by atomic mass is 35.5. The molecule has 0 aliphatic rings. The van der Waals surface area contributed by atoms with Crippen molar-refractivity contribution >= 4 is 23.2 Å². The standard InChI is InChI=1S/C16H14Cl2N4O.C2H6/c1-10-3-2-4-11(7-10)8-22-6-5-12(21-22)14(23)13-15(17)19-9-20-16(13)18;1-2/h2-7,9,14,23H,8H2,1H3;1-2H3. The first-order valence-corrected chi connectivity index (χ1v) is 8.73. The average Bonchev–Trinajstić information content (AvgIpc) is 3.05. The predicted molar refractivity (Wildman–Crippen MR) is 100.0 cm³/mol. The van der Waals surface area contributed by atoms with E-state index >= 15 is 0 Å². The summed E-state index contributed by atoms with van der Waals surface area (Å²) in [7, 11) is 0. The molecule has 0 saturated carbocycles. The molecule has 2 aromatic heterocycles. The van der Waals surface area contributed by atoms with Crippen LogP contribution in [0.1, 0.15) is 42.3 Å². The van der Waals surface area contributed by atoms with E-state index in [1.165, 1.54) is 11.9 Å². The molecule has 1 unspecified atom stereocenters. The van der Waals surface area contributed by atoms with Crippen LogP contribution in [0, 0.1) is 6.92 Å². The molecule has 132 valence electrons. The summed E-state index contributed by atoms with van der Waals surface area (Å²) in [5.74, 6) is 0. The second kappa shape index (κ2) is 8.94. The van der Waals surface area contributed by atoms with Gasteiger partial charge in [-0.15, -0.1) is 0 Å². The first-order chi connectivity index (χ1) is 12.0. The normalized spacial score (nSPS) is 11.6. The van der Waals surface area contributed by atoms with Crippen molar-refractivity contribution in [2.75, 3.05) is 0 Å². The molecule has 0 radical (unpaired) electrons. The highest BCUT2D eigenvalue weighted by molar-refractivity contribution is 6.34. The van der Waals surface area contributed by atoms with Crippen LogP contribution >= 0.6 is 23.2 Å². The van der Waals surface area contributed by atoms with Crippen molar-refractivity contribution in [2.45, 2.75) is 33.4 Å².